The summed E-state index contributed by atoms with van der Waals surface area (Å²) in [6.45, 7) is 6.25. The Kier molecular flexibility index (Phi) is 4.27. The van der Waals surface area contributed by atoms with Crippen LogP contribution in [0.3, 0.4) is 0 Å². The minimum absolute atomic E-state index is 0.143. The molecule has 0 bridgehead atoms. The van der Waals surface area contributed by atoms with Gasteiger partial charge in [-0.25, -0.2) is 0 Å². The van der Waals surface area contributed by atoms with E-state index >= 15 is 0 Å². The van der Waals surface area contributed by atoms with Gasteiger partial charge in [0.05, 0.1) is 6.26 Å². The quantitative estimate of drug-likeness (QED) is 0.886. The lowest BCUT2D eigenvalue weighted by Crippen LogP contribution is -2.28. The summed E-state index contributed by atoms with van der Waals surface area (Å²) < 4.78 is 11.3. The van der Waals surface area contributed by atoms with Crippen LogP contribution in [0.4, 0.5) is 0 Å². The lowest BCUT2D eigenvalue weighted by atomic mass is 10.0. The van der Waals surface area contributed by atoms with Crippen molar-refractivity contribution >= 4 is 0 Å². The zero-order valence-electron chi connectivity index (χ0n) is 11.7. The Morgan fingerprint density at radius 2 is 1.74 bits per heavy atom. The maximum atomic E-state index is 5.97. The highest BCUT2D eigenvalue weighted by Gasteiger charge is 2.20. The molecule has 0 aliphatic heterocycles. The van der Waals surface area contributed by atoms with Crippen molar-refractivity contribution in [1.29, 1.82) is 0 Å². The van der Waals surface area contributed by atoms with Crippen molar-refractivity contribution in [3.63, 3.8) is 0 Å². The minimum atomic E-state index is -0.264. The number of ether oxygens (including phenoxy) is 1. The number of furan rings is 1. The van der Waals surface area contributed by atoms with E-state index in [1.165, 1.54) is 5.56 Å². The lowest BCUT2D eigenvalue weighted by Gasteiger charge is -2.20. The first-order chi connectivity index (χ1) is 9.08. The van der Waals surface area contributed by atoms with Gasteiger partial charge in [-0.3, -0.25) is 0 Å². The Morgan fingerprint density at radius 1 is 1.05 bits per heavy atom. The van der Waals surface area contributed by atoms with E-state index in [1.807, 2.05) is 31.2 Å². The summed E-state index contributed by atoms with van der Waals surface area (Å²) >= 11 is 0. The topological polar surface area (TPSA) is 48.4 Å². The van der Waals surface area contributed by atoms with E-state index < -0.39 is 0 Å². The molecule has 2 unspecified atom stereocenters. The van der Waals surface area contributed by atoms with E-state index in [-0.39, 0.29) is 12.1 Å². The van der Waals surface area contributed by atoms with Crippen molar-refractivity contribution in [3.8, 4) is 5.75 Å². The average Bonchev–Trinajstić information content (AvgIpc) is 2.89. The van der Waals surface area contributed by atoms with Gasteiger partial charge in [-0.1, -0.05) is 26.0 Å². The zero-order valence-corrected chi connectivity index (χ0v) is 11.7. The molecular weight excluding hydrogens is 238 g/mol. The number of nitrogens with two attached hydrogens (primary N) is 1. The molecule has 2 aromatic rings. The van der Waals surface area contributed by atoms with E-state index in [2.05, 4.69) is 26.0 Å². The predicted molar refractivity (Wildman–Crippen MR) is 76.3 cm³/mol. The maximum absolute atomic E-state index is 5.97. The molecule has 3 heteroatoms. The molecule has 102 valence electrons. The van der Waals surface area contributed by atoms with E-state index in [9.17, 15) is 0 Å². The summed E-state index contributed by atoms with van der Waals surface area (Å²) in [5, 5.41) is 0. The molecule has 0 saturated heterocycles. The Labute approximate surface area is 114 Å². The SMILES string of the molecule is CC(C)c1ccc(OC(c2ccco2)C(C)N)cc1. The molecule has 1 aromatic heterocycles. The summed E-state index contributed by atoms with van der Waals surface area (Å²) in [5.41, 5.74) is 7.26. The summed E-state index contributed by atoms with van der Waals surface area (Å²) in [6, 6.07) is 11.7. The number of rotatable bonds is 5. The van der Waals surface area contributed by atoms with Crippen molar-refractivity contribution < 1.29 is 9.15 Å². The van der Waals surface area contributed by atoms with Crippen molar-refractivity contribution in [2.24, 2.45) is 5.73 Å². The average molecular weight is 259 g/mol. The summed E-state index contributed by atoms with van der Waals surface area (Å²) in [6.07, 6.45) is 1.37. The molecule has 2 N–H and O–H groups in total. The summed E-state index contributed by atoms with van der Waals surface area (Å²) in [4.78, 5) is 0. The second-order valence-electron chi connectivity index (χ2n) is 5.14. The summed E-state index contributed by atoms with van der Waals surface area (Å²) in [7, 11) is 0. The Morgan fingerprint density at radius 3 is 2.21 bits per heavy atom. The molecule has 0 aliphatic carbocycles. The molecule has 3 nitrogen and oxygen atoms in total. The molecule has 0 spiro atoms. The van der Waals surface area contributed by atoms with Crippen molar-refractivity contribution in [2.75, 3.05) is 0 Å². The van der Waals surface area contributed by atoms with Gasteiger partial charge in [0.2, 0.25) is 0 Å². The van der Waals surface area contributed by atoms with Gasteiger partial charge in [0.25, 0.3) is 0 Å². The first-order valence-corrected chi connectivity index (χ1v) is 6.63. The van der Waals surface area contributed by atoms with Gasteiger partial charge in [-0.05, 0) is 42.7 Å². The molecule has 0 aliphatic rings. The fourth-order valence-electron chi connectivity index (χ4n) is 1.96. The highest BCUT2D eigenvalue weighted by Crippen LogP contribution is 2.26. The van der Waals surface area contributed by atoms with E-state index in [0.717, 1.165) is 11.5 Å². The smallest absolute Gasteiger partial charge is 0.171 e. The third-order valence-electron chi connectivity index (χ3n) is 3.11. The van der Waals surface area contributed by atoms with Gasteiger partial charge in [-0.2, -0.15) is 0 Å². The molecule has 1 heterocycles. The van der Waals surface area contributed by atoms with E-state index in [0.29, 0.717) is 5.92 Å². The van der Waals surface area contributed by atoms with Crippen molar-refractivity contribution in [1.82, 2.24) is 0 Å². The van der Waals surface area contributed by atoms with Crippen molar-refractivity contribution in [3.05, 3.63) is 54.0 Å². The third-order valence-corrected chi connectivity index (χ3v) is 3.11. The van der Waals surface area contributed by atoms with Crippen LogP contribution in [-0.2, 0) is 0 Å². The van der Waals surface area contributed by atoms with Gasteiger partial charge in [0, 0.05) is 6.04 Å². The standard InChI is InChI=1S/C16H21NO2/c1-11(2)13-6-8-14(9-7-13)19-16(12(3)17)15-5-4-10-18-15/h4-12,16H,17H2,1-3H3. The Hall–Kier alpha value is -1.74. The molecule has 0 amide bonds. The van der Waals surface area contributed by atoms with Crippen LogP contribution in [0.5, 0.6) is 5.75 Å². The molecule has 2 rings (SSSR count). The maximum Gasteiger partial charge on any atom is 0.171 e. The van der Waals surface area contributed by atoms with E-state index in [1.54, 1.807) is 6.26 Å². The first-order valence-electron chi connectivity index (χ1n) is 6.63. The Balaban J connectivity index is 2.13. The van der Waals surface area contributed by atoms with Crippen LogP contribution >= 0.6 is 0 Å². The van der Waals surface area contributed by atoms with Gasteiger partial charge >= 0.3 is 0 Å². The second kappa shape index (κ2) is 5.93. The summed E-state index contributed by atoms with van der Waals surface area (Å²) in [5.74, 6) is 2.08. The zero-order chi connectivity index (χ0) is 13.8. The monoisotopic (exact) mass is 259 g/mol. The number of benzene rings is 1. The normalized spacial score (nSPS) is 14.4. The minimum Gasteiger partial charge on any atom is -0.481 e. The van der Waals surface area contributed by atoms with Crippen LogP contribution in [0.25, 0.3) is 0 Å². The number of hydrogen-bond acceptors (Lipinski definition) is 3. The third kappa shape index (κ3) is 3.38. The van der Waals surface area contributed by atoms with Gasteiger partial charge in [0.15, 0.2) is 6.10 Å². The van der Waals surface area contributed by atoms with Crippen LogP contribution in [0.1, 0.15) is 44.1 Å². The molecule has 0 fully saturated rings. The lowest BCUT2D eigenvalue weighted by molar-refractivity contribution is 0.153. The van der Waals surface area contributed by atoms with Crippen LogP contribution in [-0.4, -0.2) is 6.04 Å². The van der Waals surface area contributed by atoms with Gasteiger partial charge < -0.3 is 14.9 Å². The molecule has 0 saturated carbocycles. The first kappa shape index (κ1) is 13.7. The fraction of sp³-hybridized carbons (Fsp3) is 0.375. The molecule has 19 heavy (non-hydrogen) atoms. The fourth-order valence-corrected chi connectivity index (χ4v) is 1.96. The largest absolute Gasteiger partial charge is 0.481 e. The molecule has 0 radical (unpaired) electrons. The molecular formula is C16H21NO2. The van der Waals surface area contributed by atoms with Gasteiger partial charge in [0.1, 0.15) is 11.5 Å². The van der Waals surface area contributed by atoms with Crippen LogP contribution in [0.15, 0.2) is 47.1 Å². The Bertz CT molecular complexity index is 486. The second-order valence-corrected chi connectivity index (χ2v) is 5.14. The highest BCUT2D eigenvalue weighted by molar-refractivity contribution is 5.29. The van der Waals surface area contributed by atoms with Crippen LogP contribution in [0.2, 0.25) is 0 Å². The van der Waals surface area contributed by atoms with Gasteiger partial charge in [-0.15, -0.1) is 0 Å². The molecule has 1 aromatic carbocycles. The van der Waals surface area contributed by atoms with E-state index in [4.69, 9.17) is 14.9 Å². The van der Waals surface area contributed by atoms with Crippen molar-refractivity contribution in [2.45, 2.75) is 38.8 Å². The molecule has 2 atom stereocenters. The highest BCUT2D eigenvalue weighted by atomic mass is 16.5. The number of hydrogen-bond donors (Lipinski definition) is 1. The van der Waals surface area contributed by atoms with Crippen LogP contribution in [0, 0.1) is 0 Å². The van der Waals surface area contributed by atoms with Crippen LogP contribution < -0.4 is 10.5 Å². The predicted octanol–water partition coefficient (Wildman–Crippen LogP) is 3.87.